The van der Waals surface area contributed by atoms with Crippen LogP contribution >= 0.6 is 0 Å². The van der Waals surface area contributed by atoms with Gasteiger partial charge in [-0.1, -0.05) is 20.8 Å². The predicted octanol–water partition coefficient (Wildman–Crippen LogP) is 3.03. The second-order valence-corrected chi connectivity index (χ2v) is 8.73. The highest BCUT2D eigenvalue weighted by atomic mass is 15.2. The van der Waals surface area contributed by atoms with E-state index in [1.165, 1.54) is 51.6 Å². The van der Waals surface area contributed by atoms with Crippen LogP contribution in [0.15, 0.2) is 0 Å². The second kappa shape index (κ2) is 3.98. The average Bonchev–Trinajstić information content (AvgIpc) is 2.90. The molecular formula is C17H30N2. The van der Waals surface area contributed by atoms with Gasteiger partial charge in [0.05, 0.1) is 0 Å². The maximum absolute atomic E-state index is 4.11. The van der Waals surface area contributed by atoms with Crippen molar-refractivity contribution >= 4 is 0 Å². The van der Waals surface area contributed by atoms with Crippen molar-refractivity contribution in [3.8, 4) is 0 Å². The van der Waals surface area contributed by atoms with Gasteiger partial charge in [0.25, 0.3) is 0 Å². The molecule has 1 N–H and O–H groups in total. The Bertz CT molecular complexity index is 369. The Morgan fingerprint density at radius 1 is 1.05 bits per heavy atom. The Kier molecular flexibility index (Phi) is 2.65. The van der Waals surface area contributed by atoms with E-state index in [4.69, 9.17) is 0 Å². The summed E-state index contributed by atoms with van der Waals surface area (Å²) in [4.78, 5) is 2.74. The largest absolute Gasteiger partial charge is 0.309 e. The Morgan fingerprint density at radius 3 is 2.47 bits per heavy atom. The standard InChI is InChI=1S/C17H30N2/c1-16(2)12-6-8-17(3,10-12)15(16)18-13-7-9-19(11-13)14-4-5-14/h12-15,18H,4-11H2,1-3H3/t12-,13?,15?,17+/m0/s1. The minimum atomic E-state index is 0.514. The molecule has 0 radical (unpaired) electrons. The zero-order valence-corrected chi connectivity index (χ0v) is 12.9. The van der Waals surface area contributed by atoms with Crippen molar-refractivity contribution in [3.63, 3.8) is 0 Å². The Labute approximate surface area is 118 Å². The molecule has 0 aromatic heterocycles. The van der Waals surface area contributed by atoms with Gasteiger partial charge >= 0.3 is 0 Å². The lowest BCUT2D eigenvalue weighted by Crippen LogP contribution is -2.54. The van der Waals surface area contributed by atoms with E-state index in [0.717, 1.165) is 24.0 Å². The van der Waals surface area contributed by atoms with Crippen LogP contribution in [0.3, 0.4) is 0 Å². The summed E-state index contributed by atoms with van der Waals surface area (Å²) in [5.41, 5.74) is 1.10. The summed E-state index contributed by atoms with van der Waals surface area (Å²) in [5, 5.41) is 4.11. The van der Waals surface area contributed by atoms with Crippen LogP contribution < -0.4 is 5.32 Å². The van der Waals surface area contributed by atoms with Crippen molar-refractivity contribution in [1.29, 1.82) is 0 Å². The van der Waals surface area contributed by atoms with Gasteiger partial charge in [0.1, 0.15) is 0 Å². The molecule has 1 heterocycles. The molecule has 0 amide bonds. The monoisotopic (exact) mass is 262 g/mol. The first kappa shape index (κ1) is 12.6. The van der Waals surface area contributed by atoms with E-state index in [2.05, 4.69) is 31.0 Å². The number of hydrogen-bond donors (Lipinski definition) is 1. The maximum atomic E-state index is 4.11. The van der Waals surface area contributed by atoms with E-state index in [9.17, 15) is 0 Å². The summed E-state index contributed by atoms with van der Waals surface area (Å²) < 4.78 is 0. The second-order valence-electron chi connectivity index (χ2n) is 8.73. The highest BCUT2D eigenvalue weighted by molar-refractivity contribution is 5.13. The lowest BCUT2D eigenvalue weighted by atomic mass is 9.68. The molecular weight excluding hydrogens is 232 g/mol. The van der Waals surface area contributed by atoms with Crippen LogP contribution in [0, 0.1) is 16.7 Å². The molecule has 2 heteroatoms. The molecule has 4 aliphatic rings. The van der Waals surface area contributed by atoms with Gasteiger partial charge in [0.2, 0.25) is 0 Å². The topological polar surface area (TPSA) is 15.3 Å². The van der Waals surface area contributed by atoms with Crippen molar-refractivity contribution in [3.05, 3.63) is 0 Å². The average molecular weight is 262 g/mol. The first-order chi connectivity index (χ1) is 8.99. The molecule has 108 valence electrons. The number of likely N-dealkylation sites (tertiary alicyclic amines) is 1. The molecule has 4 rings (SSSR count). The first-order valence-electron chi connectivity index (χ1n) is 8.49. The molecule has 3 aliphatic carbocycles. The van der Waals surface area contributed by atoms with Crippen molar-refractivity contribution < 1.29 is 0 Å². The molecule has 2 bridgehead atoms. The molecule has 1 saturated heterocycles. The van der Waals surface area contributed by atoms with Gasteiger partial charge in [-0.15, -0.1) is 0 Å². The smallest absolute Gasteiger partial charge is 0.0210 e. The summed E-state index contributed by atoms with van der Waals surface area (Å²) >= 11 is 0. The molecule has 0 aromatic carbocycles. The van der Waals surface area contributed by atoms with Crippen molar-refractivity contribution in [2.75, 3.05) is 13.1 Å². The van der Waals surface area contributed by atoms with E-state index in [1.807, 2.05) is 0 Å². The SMILES string of the molecule is CC1(C)C(NC2CCN(C3CC3)C2)[C@]2(C)CC[C@H]1C2. The summed E-state index contributed by atoms with van der Waals surface area (Å²) in [6, 6.07) is 2.47. The van der Waals surface area contributed by atoms with E-state index in [-0.39, 0.29) is 0 Å². The number of hydrogen-bond acceptors (Lipinski definition) is 2. The highest BCUT2D eigenvalue weighted by Gasteiger charge is 2.59. The van der Waals surface area contributed by atoms with Crippen LogP contribution in [0.2, 0.25) is 0 Å². The maximum Gasteiger partial charge on any atom is 0.0210 e. The highest BCUT2D eigenvalue weighted by Crippen LogP contribution is 2.62. The number of rotatable bonds is 3. The summed E-state index contributed by atoms with van der Waals surface area (Å²) in [6.45, 7) is 10.3. The van der Waals surface area contributed by atoms with E-state index in [1.54, 1.807) is 0 Å². The molecule has 19 heavy (non-hydrogen) atoms. The minimum absolute atomic E-state index is 0.514. The van der Waals surface area contributed by atoms with Gasteiger partial charge in [-0.2, -0.15) is 0 Å². The fourth-order valence-electron chi connectivity index (χ4n) is 5.65. The zero-order chi connectivity index (χ0) is 13.3. The van der Waals surface area contributed by atoms with Gasteiger partial charge in [-0.25, -0.2) is 0 Å². The molecule has 0 spiro atoms. The van der Waals surface area contributed by atoms with Crippen LogP contribution in [0.25, 0.3) is 0 Å². The van der Waals surface area contributed by atoms with Gasteiger partial charge in [0.15, 0.2) is 0 Å². The lowest BCUT2D eigenvalue weighted by Gasteiger charge is -2.44. The van der Waals surface area contributed by atoms with Crippen molar-refractivity contribution in [2.45, 2.75) is 77.4 Å². The molecule has 2 nitrogen and oxygen atoms in total. The molecule has 2 unspecified atom stereocenters. The molecule has 0 aromatic rings. The van der Waals surface area contributed by atoms with E-state index >= 15 is 0 Å². The Balaban J connectivity index is 1.44. The van der Waals surface area contributed by atoms with Crippen LogP contribution in [0.5, 0.6) is 0 Å². The first-order valence-corrected chi connectivity index (χ1v) is 8.49. The molecule has 1 aliphatic heterocycles. The zero-order valence-electron chi connectivity index (χ0n) is 12.9. The summed E-state index contributed by atoms with van der Waals surface area (Å²) in [7, 11) is 0. The number of nitrogens with zero attached hydrogens (tertiary/aromatic N) is 1. The van der Waals surface area contributed by atoms with E-state index in [0.29, 0.717) is 10.8 Å². The van der Waals surface area contributed by atoms with Crippen LogP contribution in [0.1, 0.15) is 59.3 Å². The normalized spacial score (nSPS) is 49.1. The third kappa shape index (κ3) is 1.90. The van der Waals surface area contributed by atoms with Crippen LogP contribution in [0.4, 0.5) is 0 Å². The van der Waals surface area contributed by atoms with Crippen LogP contribution in [-0.4, -0.2) is 36.1 Å². The van der Waals surface area contributed by atoms with Gasteiger partial charge in [0, 0.05) is 31.2 Å². The number of nitrogens with one attached hydrogen (secondary N) is 1. The van der Waals surface area contributed by atoms with Crippen molar-refractivity contribution in [1.82, 2.24) is 10.2 Å². The predicted molar refractivity (Wildman–Crippen MR) is 79.2 cm³/mol. The van der Waals surface area contributed by atoms with Crippen LogP contribution in [-0.2, 0) is 0 Å². The third-order valence-electron chi connectivity index (χ3n) is 6.96. The fourth-order valence-corrected chi connectivity index (χ4v) is 5.65. The van der Waals surface area contributed by atoms with Gasteiger partial charge < -0.3 is 5.32 Å². The third-order valence-corrected chi connectivity index (χ3v) is 6.96. The number of fused-ring (bicyclic) bond motifs is 2. The molecule has 3 saturated carbocycles. The quantitative estimate of drug-likeness (QED) is 0.841. The van der Waals surface area contributed by atoms with Gasteiger partial charge in [-0.3, -0.25) is 4.90 Å². The summed E-state index contributed by atoms with van der Waals surface area (Å²) in [6.07, 6.45) is 8.70. The molecule has 4 atom stereocenters. The lowest BCUT2D eigenvalue weighted by molar-refractivity contribution is 0.0987. The molecule has 4 fully saturated rings. The van der Waals surface area contributed by atoms with Gasteiger partial charge in [-0.05, 0) is 55.3 Å². The Hall–Kier alpha value is -0.0800. The van der Waals surface area contributed by atoms with E-state index < -0.39 is 0 Å². The van der Waals surface area contributed by atoms with Crippen molar-refractivity contribution in [2.24, 2.45) is 16.7 Å². The minimum Gasteiger partial charge on any atom is -0.309 e. The fraction of sp³-hybridized carbons (Fsp3) is 1.00. The Morgan fingerprint density at radius 2 is 1.84 bits per heavy atom. The summed E-state index contributed by atoms with van der Waals surface area (Å²) in [5.74, 6) is 0.968.